The molecule has 0 aliphatic carbocycles. The van der Waals surface area contributed by atoms with Crippen molar-refractivity contribution in [2.75, 3.05) is 18.4 Å². The molecule has 1 aromatic heterocycles. The van der Waals surface area contributed by atoms with Gasteiger partial charge in [0, 0.05) is 29.9 Å². The summed E-state index contributed by atoms with van der Waals surface area (Å²) < 4.78 is 0.950. The van der Waals surface area contributed by atoms with E-state index in [1.54, 1.807) is 23.1 Å². The van der Waals surface area contributed by atoms with E-state index in [2.05, 4.69) is 65.6 Å². The first-order valence-corrected chi connectivity index (χ1v) is 9.59. The van der Waals surface area contributed by atoms with Gasteiger partial charge in [0.25, 0.3) is 0 Å². The van der Waals surface area contributed by atoms with Crippen LogP contribution in [0.1, 0.15) is 25.1 Å². The average Bonchev–Trinajstić information content (AvgIpc) is 2.96. The highest BCUT2D eigenvalue weighted by Crippen LogP contribution is 2.24. The number of hydrogen-bond donors (Lipinski definition) is 1. The van der Waals surface area contributed by atoms with Gasteiger partial charge in [-0.2, -0.15) is 0 Å². The Morgan fingerprint density at radius 1 is 1.27 bits per heavy atom. The van der Waals surface area contributed by atoms with Gasteiger partial charge in [-0.05, 0) is 32.9 Å². The third kappa shape index (κ3) is 4.97. The van der Waals surface area contributed by atoms with Gasteiger partial charge < -0.3 is 10.2 Å². The number of thiocarbonyl (C=S) groups is 1. The molecule has 3 nitrogen and oxygen atoms in total. The smallest absolute Gasteiger partial charge is 0.187 e. The summed E-state index contributed by atoms with van der Waals surface area (Å²) in [5, 5.41) is 6.36. The zero-order valence-corrected chi connectivity index (χ0v) is 15.6. The maximum Gasteiger partial charge on any atom is 0.187 e. The standard InChI is InChI=1S/C16H21N3S3/c1-4-19(5-2)16(20)22-11-14-10-21-15(18-14)17-13-8-6-12(3)7-9-13/h6-10H,4-5,11H2,1-3H3,(H,17,18). The molecular weight excluding hydrogens is 330 g/mol. The van der Waals surface area contributed by atoms with E-state index >= 15 is 0 Å². The summed E-state index contributed by atoms with van der Waals surface area (Å²) in [7, 11) is 0. The highest BCUT2D eigenvalue weighted by Gasteiger charge is 2.08. The van der Waals surface area contributed by atoms with Crippen LogP contribution in [0.3, 0.4) is 0 Å². The second-order valence-electron chi connectivity index (χ2n) is 4.86. The summed E-state index contributed by atoms with van der Waals surface area (Å²) in [6.45, 7) is 8.26. The molecule has 2 aromatic rings. The number of aromatic nitrogens is 1. The third-order valence-corrected chi connectivity index (χ3v) is 5.58. The lowest BCUT2D eigenvalue weighted by molar-refractivity contribution is 0.482. The minimum absolute atomic E-state index is 0.821. The van der Waals surface area contributed by atoms with Crippen LogP contribution >= 0.6 is 35.3 Å². The number of nitrogens with one attached hydrogen (secondary N) is 1. The molecule has 118 valence electrons. The summed E-state index contributed by atoms with van der Waals surface area (Å²) in [6, 6.07) is 8.33. The van der Waals surface area contributed by atoms with Gasteiger partial charge in [-0.25, -0.2) is 4.98 Å². The van der Waals surface area contributed by atoms with E-state index in [1.165, 1.54) is 5.56 Å². The number of rotatable bonds is 6. The molecule has 0 radical (unpaired) electrons. The van der Waals surface area contributed by atoms with Crippen molar-refractivity contribution in [3.05, 3.63) is 40.9 Å². The maximum atomic E-state index is 5.45. The Morgan fingerprint density at radius 2 is 1.95 bits per heavy atom. The van der Waals surface area contributed by atoms with Crippen molar-refractivity contribution in [2.45, 2.75) is 26.5 Å². The van der Waals surface area contributed by atoms with Crippen molar-refractivity contribution < 1.29 is 0 Å². The molecule has 0 atom stereocenters. The number of nitrogens with zero attached hydrogens (tertiary/aromatic N) is 2. The van der Waals surface area contributed by atoms with E-state index in [-0.39, 0.29) is 0 Å². The van der Waals surface area contributed by atoms with Gasteiger partial charge in [-0.15, -0.1) is 11.3 Å². The molecule has 22 heavy (non-hydrogen) atoms. The van der Waals surface area contributed by atoms with Gasteiger partial charge in [0.2, 0.25) is 0 Å². The Hall–Kier alpha value is -1.11. The van der Waals surface area contributed by atoms with Gasteiger partial charge >= 0.3 is 0 Å². The van der Waals surface area contributed by atoms with Crippen LogP contribution in [0.15, 0.2) is 29.6 Å². The van der Waals surface area contributed by atoms with Crippen LogP contribution < -0.4 is 5.32 Å². The van der Waals surface area contributed by atoms with Crippen molar-refractivity contribution >= 4 is 50.5 Å². The first-order chi connectivity index (χ1) is 10.6. The maximum absolute atomic E-state index is 5.45. The van der Waals surface area contributed by atoms with E-state index in [0.29, 0.717) is 0 Å². The summed E-state index contributed by atoms with van der Waals surface area (Å²) in [5.74, 6) is 0.821. The molecule has 1 N–H and O–H groups in total. The Kier molecular flexibility index (Phi) is 6.67. The molecule has 0 saturated carbocycles. The fraction of sp³-hybridized carbons (Fsp3) is 0.375. The molecule has 0 unspecified atom stereocenters. The summed E-state index contributed by atoms with van der Waals surface area (Å²) in [5.41, 5.74) is 3.39. The van der Waals surface area contributed by atoms with Crippen LogP contribution in [0, 0.1) is 6.92 Å². The average molecular weight is 352 g/mol. The monoisotopic (exact) mass is 351 g/mol. The van der Waals surface area contributed by atoms with Crippen LogP contribution in [0.25, 0.3) is 0 Å². The molecule has 0 bridgehead atoms. The predicted octanol–water partition coefficient (Wildman–Crippen LogP) is 5.06. The van der Waals surface area contributed by atoms with Crippen LogP contribution in [0.4, 0.5) is 10.8 Å². The van der Waals surface area contributed by atoms with E-state index < -0.39 is 0 Å². The number of hydrogen-bond acceptors (Lipinski definition) is 5. The topological polar surface area (TPSA) is 28.2 Å². The van der Waals surface area contributed by atoms with E-state index in [4.69, 9.17) is 12.2 Å². The van der Waals surface area contributed by atoms with Gasteiger partial charge in [0.05, 0.1) is 5.69 Å². The molecule has 2 rings (SSSR count). The van der Waals surface area contributed by atoms with Crippen molar-refractivity contribution in [3.8, 4) is 0 Å². The second-order valence-corrected chi connectivity index (χ2v) is 7.33. The normalized spacial score (nSPS) is 10.5. The van der Waals surface area contributed by atoms with Crippen LogP contribution in [0.5, 0.6) is 0 Å². The number of anilines is 2. The minimum Gasteiger partial charge on any atom is -0.358 e. The third-order valence-electron chi connectivity index (χ3n) is 3.22. The van der Waals surface area contributed by atoms with Crippen molar-refractivity contribution in [3.63, 3.8) is 0 Å². The van der Waals surface area contributed by atoms with E-state index in [9.17, 15) is 0 Å². The van der Waals surface area contributed by atoms with Gasteiger partial charge in [-0.3, -0.25) is 0 Å². The molecule has 6 heteroatoms. The second kappa shape index (κ2) is 8.50. The first kappa shape index (κ1) is 17.2. The van der Waals surface area contributed by atoms with Crippen molar-refractivity contribution in [1.29, 1.82) is 0 Å². The largest absolute Gasteiger partial charge is 0.358 e. The molecule has 0 aliphatic heterocycles. The number of benzene rings is 1. The lowest BCUT2D eigenvalue weighted by atomic mass is 10.2. The SMILES string of the molecule is CCN(CC)C(=S)SCc1csc(Nc2ccc(C)cc2)n1. The van der Waals surface area contributed by atoms with E-state index in [1.807, 2.05) is 0 Å². The number of thioether (sulfide) groups is 1. The molecular formula is C16H21N3S3. The lowest BCUT2D eigenvalue weighted by Crippen LogP contribution is -2.26. The number of thiazole rings is 1. The Morgan fingerprint density at radius 3 is 2.59 bits per heavy atom. The Labute approximate surface area is 146 Å². The molecule has 1 aromatic carbocycles. The quantitative estimate of drug-likeness (QED) is 0.735. The van der Waals surface area contributed by atoms with Crippen LogP contribution in [0.2, 0.25) is 0 Å². The van der Waals surface area contributed by atoms with Gasteiger partial charge in [0.15, 0.2) is 5.13 Å². The zero-order chi connectivity index (χ0) is 15.9. The zero-order valence-electron chi connectivity index (χ0n) is 13.1. The Balaban J connectivity index is 1.88. The molecule has 0 aliphatic rings. The molecule has 0 fully saturated rings. The molecule has 0 saturated heterocycles. The van der Waals surface area contributed by atoms with Gasteiger partial charge in [0.1, 0.15) is 4.32 Å². The molecule has 1 heterocycles. The van der Waals surface area contributed by atoms with E-state index in [0.717, 1.165) is 39.7 Å². The summed E-state index contributed by atoms with van der Waals surface area (Å²) >= 11 is 8.76. The summed E-state index contributed by atoms with van der Waals surface area (Å²) in [6.07, 6.45) is 0. The minimum atomic E-state index is 0.821. The highest BCUT2D eigenvalue weighted by molar-refractivity contribution is 8.22. The molecule has 0 amide bonds. The Bertz CT molecular complexity index is 603. The first-order valence-electron chi connectivity index (χ1n) is 7.32. The van der Waals surface area contributed by atoms with Crippen LogP contribution in [-0.2, 0) is 5.75 Å². The fourth-order valence-corrected chi connectivity index (χ4v) is 4.03. The summed E-state index contributed by atoms with van der Waals surface area (Å²) in [4.78, 5) is 6.81. The predicted molar refractivity (Wildman–Crippen MR) is 103 cm³/mol. The number of aryl methyl sites for hydroxylation is 1. The van der Waals surface area contributed by atoms with Crippen molar-refractivity contribution in [2.24, 2.45) is 0 Å². The van der Waals surface area contributed by atoms with Gasteiger partial charge in [-0.1, -0.05) is 41.7 Å². The van der Waals surface area contributed by atoms with Crippen molar-refractivity contribution in [1.82, 2.24) is 9.88 Å². The molecule has 0 spiro atoms. The van der Waals surface area contributed by atoms with Crippen LogP contribution in [-0.4, -0.2) is 27.3 Å². The lowest BCUT2D eigenvalue weighted by Gasteiger charge is -2.20. The fourth-order valence-electron chi connectivity index (χ4n) is 1.90. The highest BCUT2D eigenvalue weighted by atomic mass is 32.2.